The summed E-state index contributed by atoms with van der Waals surface area (Å²) in [4.78, 5) is 10.0. The molecule has 1 aromatic carbocycles. The van der Waals surface area contributed by atoms with Gasteiger partial charge in [0, 0.05) is 51.3 Å². The minimum absolute atomic E-state index is 0.0934. The van der Waals surface area contributed by atoms with E-state index in [0.717, 1.165) is 37.7 Å². The molecular formula is C22H31N3OS. The topological polar surface area (TPSA) is 28.6 Å². The summed E-state index contributed by atoms with van der Waals surface area (Å²) < 4.78 is 5.39. The minimum atomic E-state index is 0.0934. The van der Waals surface area contributed by atoms with Crippen LogP contribution in [0.5, 0.6) is 0 Å². The Kier molecular flexibility index (Phi) is 6.23. The third kappa shape index (κ3) is 4.43. The van der Waals surface area contributed by atoms with E-state index in [2.05, 4.69) is 46.4 Å². The average Bonchev–Trinajstić information content (AvgIpc) is 3.06. The lowest BCUT2D eigenvalue weighted by Gasteiger charge is -2.39. The number of hydrogen-bond acceptors (Lipinski definition) is 5. The van der Waals surface area contributed by atoms with Crippen molar-refractivity contribution in [1.82, 2.24) is 14.8 Å². The van der Waals surface area contributed by atoms with Crippen LogP contribution in [0.4, 0.5) is 0 Å². The minimum Gasteiger partial charge on any atom is -0.375 e. The molecule has 0 radical (unpaired) electrons. The molecule has 2 aliphatic rings. The van der Waals surface area contributed by atoms with Gasteiger partial charge >= 0.3 is 0 Å². The summed E-state index contributed by atoms with van der Waals surface area (Å²) in [6.45, 7) is 7.60. The van der Waals surface area contributed by atoms with Crippen LogP contribution in [0.2, 0.25) is 0 Å². The zero-order valence-corrected chi connectivity index (χ0v) is 17.4. The number of aromatic nitrogens is 1. The fourth-order valence-corrected chi connectivity index (χ4v) is 5.26. The Morgan fingerprint density at radius 3 is 2.81 bits per heavy atom. The second-order valence-corrected chi connectivity index (χ2v) is 8.72. The maximum atomic E-state index is 5.39. The van der Waals surface area contributed by atoms with Gasteiger partial charge in [0.05, 0.1) is 5.69 Å². The van der Waals surface area contributed by atoms with Gasteiger partial charge in [0.2, 0.25) is 0 Å². The normalized spacial score (nSPS) is 23.0. The van der Waals surface area contributed by atoms with Crippen molar-refractivity contribution in [2.75, 3.05) is 33.3 Å². The molecule has 1 saturated heterocycles. The van der Waals surface area contributed by atoms with Crippen LogP contribution in [0, 0.1) is 0 Å². The highest BCUT2D eigenvalue weighted by Gasteiger charge is 2.27. The molecule has 5 heteroatoms. The number of hydrogen-bond donors (Lipinski definition) is 0. The Labute approximate surface area is 167 Å². The van der Waals surface area contributed by atoms with Crippen LogP contribution in [-0.2, 0) is 17.7 Å². The lowest BCUT2D eigenvalue weighted by atomic mass is 9.97. The first-order valence-electron chi connectivity index (χ1n) is 10.3. The molecule has 1 fully saturated rings. The number of rotatable bonds is 5. The van der Waals surface area contributed by atoms with E-state index < -0.39 is 0 Å². The first-order chi connectivity index (χ1) is 13.2. The first-order valence-corrected chi connectivity index (χ1v) is 11.1. The Balaban J connectivity index is 1.36. The summed E-state index contributed by atoms with van der Waals surface area (Å²) in [5.74, 6) is 0. The van der Waals surface area contributed by atoms with Gasteiger partial charge in [-0.1, -0.05) is 30.7 Å². The van der Waals surface area contributed by atoms with E-state index in [1.165, 1.54) is 31.4 Å². The van der Waals surface area contributed by atoms with Crippen LogP contribution in [0.1, 0.15) is 60.2 Å². The van der Waals surface area contributed by atoms with Crippen LogP contribution in [-0.4, -0.2) is 48.1 Å². The predicted octanol–water partition coefficient (Wildman–Crippen LogP) is 4.44. The summed E-state index contributed by atoms with van der Waals surface area (Å²) in [6.07, 6.45) is 5.33. The van der Waals surface area contributed by atoms with E-state index in [1.54, 1.807) is 29.6 Å². The number of piperazine rings is 1. The fourth-order valence-electron chi connectivity index (χ4n) is 4.42. The summed E-state index contributed by atoms with van der Waals surface area (Å²) in [6, 6.07) is 9.73. The molecule has 1 aromatic heterocycles. The van der Waals surface area contributed by atoms with Crippen molar-refractivity contribution < 1.29 is 4.74 Å². The summed E-state index contributed by atoms with van der Waals surface area (Å²) >= 11 is 1.72. The molecule has 0 unspecified atom stereocenters. The maximum Gasteiger partial charge on any atom is 0.122 e. The zero-order chi connectivity index (χ0) is 18.6. The smallest absolute Gasteiger partial charge is 0.122 e. The summed E-state index contributed by atoms with van der Waals surface area (Å²) in [5, 5.41) is 3.28. The Hall–Kier alpha value is -1.27. The molecule has 146 valence electrons. The van der Waals surface area contributed by atoms with E-state index in [-0.39, 0.29) is 6.10 Å². The van der Waals surface area contributed by atoms with E-state index in [1.807, 2.05) is 0 Å². The number of fused-ring (bicyclic) bond motifs is 1. The van der Waals surface area contributed by atoms with Crippen molar-refractivity contribution in [2.24, 2.45) is 0 Å². The van der Waals surface area contributed by atoms with Crippen molar-refractivity contribution >= 4 is 11.3 Å². The van der Waals surface area contributed by atoms with E-state index in [0.29, 0.717) is 6.04 Å². The number of benzene rings is 1. The Morgan fingerprint density at radius 2 is 2.00 bits per heavy atom. The fraction of sp³-hybridized carbons (Fsp3) is 0.591. The Morgan fingerprint density at radius 1 is 1.19 bits per heavy atom. The van der Waals surface area contributed by atoms with Crippen molar-refractivity contribution in [3.8, 4) is 0 Å². The zero-order valence-electron chi connectivity index (χ0n) is 16.6. The van der Waals surface area contributed by atoms with Gasteiger partial charge in [0.25, 0.3) is 0 Å². The molecule has 2 heterocycles. The van der Waals surface area contributed by atoms with E-state index in [9.17, 15) is 0 Å². The van der Waals surface area contributed by atoms with Gasteiger partial charge in [-0.3, -0.25) is 9.80 Å². The molecule has 0 amide bonds. The standard InChI is InChI=1S/C22H31N3OS/c1-17(26-2)22-23-19(16-27-22)15-24-11-13-25(14-12-24)21-10-6-4-8-18-7-3-5-9-20(18)21/h3,5,7,9,16-17,21H,4,6,8,10-15H2,1-2H3/t17-,21+/m0/s1. The van der Waals surface area contributed by atoms with Crippen LogP contribution in [0.25, 0.3) is 0 Å². The van der Waals surface area contributed by atoms with Gasteiger partial charge < -0.3 is 4.74 Å². The van der Waals surface area contributed by atoms with Crippen LogP contribution >= 0.6 is 11.3 Å². The van der Waals surface area contributed by atoms with Gasteiger partial charge in [-0.15, -0.1) is 11.3 Å². The molecule has 1 aliphatic heterocycles. The van der Waals surface area contributed by atoms with Gasteiger partial charge in [0.15, 0.2) is 0 Å². The van der Waals surface area contributed by atoms with Crippen molar-refractivity contribution in [1.29, 1.82) is 0 Å². The highest BCUT2D eigenvalue weighted by Crippen LogP contribution is 2.33. The van der Waals surface area contributed by atoms with Crippen molar-refractivity contribution in [3.63, 3.8) is 0 Å². The number of ether oxygens (including phenoxy) is 1. The molecule has 0 saturated carbocycles. The molecule has 4 nitrogen and oxygen atoms in total. The molecular weight excluding hydrogens is 354 g/mol. The predicted molar refractivity (Wildman–Crippen MR) is 111 cm³/mol. The molecule has 4 rings (SSSR count). The van der Waals surface area contributed by atoms with Crippen LogP contribution in [0.15, 0.2) is 29.6 Å². The second kappa shape index (κ2) is 8.82. The summed E-state index contributed by atoms with van der Waals surface area (Å²) in [7, 11) is 1.75. The largest absolute Gasteiger partial charge is 0.375 e. The monoisotopic (exact) mass is 385 g/mol. The number of thiazole rings is 1. The molecule has 0 bridgehead atoms. The third-order valence-corrected chi connectivity index (χ3v) is 7.15. The highest BCUT2D eigenvalue weighted by atomic mass is 32.1. The molecule has 2 aromatic rings. The second-order valence-electron chi connectivity index (χ2n) is 7.83. The average molecular weight is 386 g/mol. The van der Waals surface area contributed by atoms with Gasteiger partial charge in [0.1, 0.15) is 11.1 Å². The Bertz CT molecular complexity index is 739. The van der Waals surface area contributed by atoms with Crippen LogP contribution < -0.4 is 0 Å². The number of nitrogens with zero attached hydrogens (tertiary/aromatic N) is 3. The maximum absolute atomic E-state index is 5.39. The van der Waals surface area contributed by atoms with E-state index >= 15 is 0 Å². The molecule has 27 heavy (non-hydrogen) atoms. The van der Waals surface area contributed by atoms with Crippen molar-refractivity contribution in [2.45, 2.75) is 51.3 Å². The lowest BCUT2D eigenvalue weighted by Crippen LogP contribution is -2.47. The number of methoxy groups -OCH3 is 1. The summed E-state index contributed by atoms with van der Waals surface area (Å²) in [5.41, 5.74) is 4.35. The molecule has 2 atom stereocenters. The quantitative estimate of drug-likeness (QED) is 0.712. The van der Waals surface area contributed by atoms with Gasteiger partial charge in [-0.25, -0.2) is 4.98 Å². The van der Waals surface area contributed by atoms with E-state index in [4.69, 9.17) is 9.72 Å². The first kappa shape index (κ1) is 19.1. The van der Waals surface area contributed by atoms with Crippen LogP contribution in [0.3, 0.4) is 0 Å². The van der Waals surface area contributed by atoms with Gasteiger partial charge in [-0.2, -0.15) is 0 Å². The number of aryl methyl sites for hydroxylation is 1. The lowest BCUT2D eigenvalue weighted by molar-refractivity contribution is 0.0865. The molecule has 0 spiro atoms. The SMILES string of the molecule is CO[C@@H](C)c1nc(CN2CCN([C@@H]3CCCCc4ccccc43)CC2)cs1. The van der Waals surface area contributed by atoms with Crippen molar-refractivity contribution in [3.05, 3.63) is 51.5 Å². The van der Waals surface area contributed by atoms with Gasteiger partial charge in [-0.05, 0) is 37.3 Å². The molecule has 0 N–H and O–H groups in total. The highest BCUT2D eigenvalue weighted by molar-refractivity contribution is 7.09. The molecule has 1 aliphatic carbocycles. The third-order valence-electron chi connectivity index (χ3n) is 6.09.